The smallest absolute Gasteiger partial charge is 0.241 e. The van der Waals surface area contributed by atoms with Gasteiger partial charge in [0.1, 0.15) is 6.61 Å². The minimum atomic E-state index is -0.488. The Balaban J connectivity index is 2.15. The molecule has 0 heterocycles. The number of hydrogen-bond donors (Lipinski definition) is 1. The van der Waals surface area contributed by atoms with E-state index in [9.17, 15) is 4.79 Å². The Morgan fingerprint density at radius 2 is 1.86 bits per heavy atom. The lowest BCUT2D eigenvalue weighted by atomic mass is 10.1. The Morgan fingerprint density at radius 1 is 1.14 bits per heavy atom. The van der Waals surface area contributed by atoms with Gasteiger partial charge in [-0.05, 0) is 36.3 Å². The van der Waals surface area contributed by atoms with Crippen molar-refractivity contribution in [3.05, 3.63) is 65.2 Å². The number of benzene rings is 2. The van der Waals surface area contributed by atoms with Crippen LogP contribution in [0.3, 0.4) is 0 Å². The first-order chi connectivity index (χ1) is 10.6. The van der Waals surface area contributed by atoms with E-state index in [0.717, 1.165) is 11.1 Å². The normalized spacial score (nSPS) is 10.6. The average Bonchev–Trinajstić information content (AvgIpc) is 2.52. The third-order valence-corrected chi connectivity index (χ3v) is 3.14. The van der Waals surface area contributed by atoms with Crippen molar-refractivity contribution in [1.82, 2.24) is 0 Å². The largest absolute Gasteiger partial charge is 0.493 e. The van der Waals surface area contributed by atoms with Crippen molar-refractivity contribution in [3.63, 3.8) is 0 Å². The molecule has 1 amide bonds. The predicted molar refractivity (Wildman–Crippen MR) is 86.7 cm³/mol. The maximum Gasteiger partial charge on any atom is 0.241 e. The fourth-order valence-corrected chi connectivity index (χ4v) is 1.93. The van der Waals surface area contributed by atoms with Crippen LogP contribution in [0.4, 0.5) is 0 Å². The number of hydrogen-bond acceptors (Lipinski definition) is 3. The van der Waals surface area contributed by atoms with Gasteiger partial charge in [0.25, 0.3) is 0 Å². The molecule has 0 atom stereocenters. The number of nitrogens with two attached hydrogens (primary N) is 1. The van der Waals surface area contributed by atoms with Crippen LogP contribution in [0, 0.1) is 6.92 Å². The number of aryl methyl sites for hydroxylation is 1. The van der Waals surface area contributed by atoms with Crippen LogP contribution in [0.15, 0.2) is 48.5 Å². The molecule has 0 aromatic heterocycles. The molecule has 0 fully saturated rings. The highest BCUT2D eigenvalue weighted by Crippen LogP contribution is 2.29. The molecule has 2 aromatic rings. The first-order valence-electron chi connectivity index (χ1n) is 6.92. The second-order valence-electron chi connectivity index (χ2n) is 4.92. The molecule has 4 heteroatoms. The molecule has 0 aliphatic rings. The number of rotatable bonds is 6. The van der Waals surface area contributed by atoms with Gasteiger partial charge in [-0.3, -0.25) is 4.79 Å². The van der Waals surface area contributed by atoms with E-state index in [4.69, 9.17) is 15.2 Å². The van der Waals surface area contributed by atoms with Crippen molar-refractivity contribution in [2.45, 2.75) is 13.5 Å². The fourth-order valence-electron chi connectivity index (χ4n) is 1.93. The summed E-state index contributed by atoms with van der Waals surface area (Å²) in [6.07, 6.45) is 2.95. The van der Waals surface area contributed by atoms with Gasteiger partial charge in [-0.25, -0.2) is 0 Å². The molecule has 0 unspecified atom stereocenters. The molecular weight excluding hydrogens is 278 g/mol. The average molecular weight is 297 g/mol. The van der Waals surface area contributed by atoms with Crippen molar-refractivity contribution >= 4 is 12.0 Å². The molecule has 2 rings (SSSR count). The van der Waals surface area contributed by atoms with E-state index >= 15 is 0 Å². The number of amides is 1. The van der Waals surface area contributed by atoms with E-state index in [2.05, 4.69) is 0 Å². The van der Waals surface area contributed by atoms with E-state index in [0.29, 0.717) is 18.1 Å². The van der Waals surface area contributed by atoms with E-state index in [-0.39, 0.29) is 0 Å². The van der Waals surface area contributed by atoms with Gasteiger partial charge in [0.2, 0.25) is 5.91 Å². The highest BCUT2D eigenvalue weighted by molar-refractivity contribution is 5.90. The Kier molecular flexibility index (Phi) is 5.20. The van der Waals surface area contributed by atoms with E-state index in [1.54, 1.807) is 19.3 Å². The number of ether oxygens (including phenoxy) is 2. The summed E-state index contributed by atoms with van der Waals surface area (Å²) in [7, 11) is 1.59. The van der Waals surface area contributed by atoms with Crippen LogP contribution >= 0.6 is 0 Å². The first kappa shape index (κ1) is 15.6. The van der Waals surface area contributed by atoms with E-state index in [1.165, 1.54) is 11.6 Å². The quantitative estimate of drug-likeness (QED) is 0.833. The minimum Gasteiger partial charge on any atom is -0.493 e. The van der Waals surface area contributed by atoms with Crippen LogP contribution < -0.4 is 15.2 Å². The lowest BCUT2D eigenvalue weighted by Crippen LogP contribution is -2.05. The fraction of sp³-hybridized carbons (Fsp3) is 0.167. The monoisotopic (exact) mass is 297 g/mol. The van der Waals surface area contributed by atoms with Crippen molar-refractivity contribution in [2.75, 3.05) is 7.11 Å². The molecule has 0 radical (unpaired) electrons. The van der Waals surface area contributed by atoms with Crippen LogP contribution in [0.25, 0.3) is 6.08 Å². The van der Waals surface area contributed by atoms with Crippen molar-refractivity contribution in [2.24, 2.45) is 5.73 Å². The molecule has 0 spiro atoms. The van der Waals surface area contributed by atoms with Crippen LogP contribution in [0.5, 0.6) is 11.5 Å². The molecule has 4 nitrogen and oxygen atoms in total. The third-order valence-electron chi connectivity index (χ3n) is 3.14. The summed E-state index contributed by atoms with van der Waals surface area (Å²) in [5, 5.41) is 0. The van der Waals surface area contributed by atoms with E-state index < -0.39 is 5.91 Å². The summed E-state index contributed by atoms with van der Waals surface area (Å²) in [5.41, 5.74) is 8.20. The molecular formula is C18H19NO3. The Morgan fingerprint density at radius 3 is 2.50 bits per heavy atom. The molecule has 2 aromatic carbocycles. The van der Waals surface area contributed by atoms with Gasteiger partial charge in [0.05, 0.1) is 7.11 Å². The zero-order valence-corrected chi connectivity index (χ0v) is 12.7. The summed E-state index contributed by atoms with van der Waals surface area (Å²) >= 11 is 0. The van der Waals surface area contributed by atoms with Crippen LogP contribution in [-0.2, 0) is 11.4 Å². The predicted octanol–water partition coefficient (Wildman–Crippen LogP) is 3.08. The highest BCUT2D eigenvalue weighted by atomic mass is 16.5. The van der Waals surface area contributed by atoms with Crippen LogP contribution in [0.2, 0.25) is 0 Å². The lowest BCUT2D eigenvalue weighted by Gasteiger charge is -2.11. The molecule has 22 heavy (non-hydrogen) atoms. The van der Waals surface area contributed by atoms with Crippen molar-refractivity contribution < 1.29 is 14.3 Å². The molecule has 0 bridgehead atoms. The number of carbonyl (C=O) groups excluding carboxylic acids is 1. The summed E-state index contributed by atoms with van der Waals surface area (Å²) in [4.78, 5) is 10.8. The van der Waals surface area contributed by atoms with Gasteiger partial charge in [-0.1, -0.05) is 35.9 Å². The third kappa shape index (κ3) is 4.38. The standard InChI is InChI=1S/C18H19NO3/c1-13-3-5-15(6-4-13)12-22-17-11-14(8-10-18(19)20)7-9-16(17)21-2/h3-11H,12H2,1-2H3,(H2,19,20)/b10-8-. The number of methoxy groups -OCH3 is 1. The Hall–Kier alpha value is -2.75. The van der Waals surface area contributed by atoms with Gasteiger partial charge in [-0.15, -0.1) is 0 Å². The zero-order valence-electron chi connectivity index (χ0n) is 12.7. The summed E-state index contributed by atoms with van der Waals surface area (Å²) in [6, 6.07) is 13.6. The molecule has 0 saturated heterocycles. The van der Waals surface area contributed by atoms with Gasteiger partial charge in [0.15, 0.2) is 11.5 Å². The Labute approximate surface area is 130 Å². The number of primary amides is 1. The number of carbonyl (C=O) groups is 1. The van der Waals surface area contributed by atoms with Gasteiger partial charge in [0, 0.05) is 6.08 Å². The van der Waals surface area contributed by atoms with Crippen LogP contribution in [0.1, 0.15) is 16.7 Å². The van der Waals surface area contributed by atoms with Crippen molar-refractivity contribution in [3.8, 4) is 11.5 Å². The first-order valence-corrected chi connectivity index (χ1v) is 6.92. The second-order valence-corrected chi connectivity index (χ2v) is 4.92. The molecule has 2 N–H and O–H groups in total. The summed E-state index contributed by atoms with van der Waals surface area (Å²) < 4.78 is 11.1. The molecule has 0 saturated carbocycles. The second kappa shape index (κ2) is 7.31. The van der Waals surface area contributed by atoms with Gasteiger partial charge in [-0.2, -0.15) is 0 Å². The zero-order chi connectivity index (χ0) is 15.9. The maximum absolute atomic E-state index is 10.8. The molecule has 114 valence electrons. The van der Waals surface area contributed by atoms with E-state index in [1.807, 2.05) is 43.3 Å². The minimum absolute atomic E-state index is 0.444. The lowest BCUT2D eigenvalue weighted by molar-refractivity contribution is -0.113. The SMILES string of the molecule is COc1ccc(/C=C\C(N)=O)cc1OCc1ccc(C)cc1. The Bertz CT molecular complexity index is 675. The van der Waals surface area contributed by atoms with Crippen LogP contribution in [-0.4, -0.2) is 13.0 Å². The van der Waals surface area contributed by atoms with Gasteiger partial charge >= 0.3 is 0 Å². The molecule has 0 aliphatic heterocycles. The maximum atomic E-state index is 10.8. The summed E-state index contributed by atoms with van der Waals surface area (Å²) in [6.45, 7) is 2.49. The highest BCUT2D eigenvalue weighted by Gasteiger charge is 2.05. The summed E-state index contributed by atoms with van der Waals surface area (Å²) in [5.74, 6) is 0.774. The molecule has 0 aliphatic carbocycles. The topological polar surface area (TPSA) is 61.5 Å². The van der Waals surface area contributed by atoms with Gasteiger partial charge < -0.3 is 15.2 Å². The van der Waals surface area contributed by atoms with Crippen molar-refractivity contribution in [1.29, 1.82) is 0 Å².